The summed E-state index contributed by atoms with van der Waals surface area (Å²) in [6, 6.07) is 13.9. The van der Waals surface area contributed by atoms with Crippen LogP contribution in [0.1, 0.15) is 12.5 Å². The molecule has 4 aromatic rings. The summed E-state index contributed by atoms with van der Waals surface area (Å²) in [5.41, 5.74) is 3.00. The molecule has 1 amide bonds. The van der Waals surface area contributed by atoms with Crippen LogP contribution in [-0.4, -0.2) is 22.1 Å². The number of fused-ring (bicyclic) bond motifs is 2. The van der Waals surface area contributed by atoms with E-state index in [1.165, 1.54) is 11.3 Å². The number of rotatable bonds is 5. The van der Waals surface area contributed by atoms with Crippen LogP contribution in [0, 0.1) is 0 Å². The standard InChI is InChI=1S/C20H19N3O2S/c1-3-25-14-8-9-16-18(11-14)26-20(21-16)22-19(24)10-13-12-23(2)17-7-5-4-6-15(13)17/h4-9,11-12H,3,10H2,1-2H3,(H,21,22,24). The van der Waals surface area contributed by atoms with E-state index in [2.05, 4.69) is 16.4 Å². The highest BCUT2D eigenvalue weighted by Crippen LogP contribution is 2.29. The maximum Gasteiger partial charge on any atom is 0.230 e. The SMILES string of the molecule is CCOc1ccc2nc(NC(=O)Cc3cn(C)c4ccccc34)sc2c1. The van der Waals surface area contributed by atoms with E-state index in [-0.39, 0.29) is 5.91 Å². The fraction of sp³-hybridized carbons (Fsp3) is 0.200. The highest BCUT2D eigenvalue weighted by atomic mass is 32.1. The first kappa shape index (κ1) is 16.6. The predicted molar refractivity (Wildman–Crippen MR) is 106 cm³/mol. The number of hydrogen-bond donors (Lipinski definition) is 1. The first-order valence-corrected chi connectivity index (χ1v) is 9.32. The van der Waals surface area contributed by atoms with E-state index in [0.717, 1.165) is 32.4 Å². The van der Waals surface area contributed by atoms with Gasteiger partial charge in [-0.1, -0.05) is 29.5 Å². The molecule has 0 bridgehead atoms. The first-order valence-electron chi connectivity index (χ1n) is 8.50. The Morgan fingerprint density at radius 1 is 1.27 bits per heavy atom. The molecule has 0 aliphatic rings. The molecule has 0 saturated carbocycles. The molecule has 132 valence electrons. The number of ether oxygens (including phenoxy) is 1. The van der Waals surface area contributed by atoms with E-state index in [4.69, 9.17) is 4.74 Å². The van der Waals surface area contributed by atoms with Crippen molar-refractivity contribution in [3.05, 3.63) is 54.2 Å². The summed E-state index contributed by atoms with van der Waals surface area (Å²) < 4.78 is 8.56. The number of benzene rings is 2. The van der Waals surface area contributed by atoms with E-state index in [1.54, 1.807) is 0 Å². The fourth-order valence-electron chi connectivity index (χ4n) is 3.12. The van der Waals surface area contributed by atoms with Crippen molar-refractivity contribution in [3.63, 3.8) is 0 Å². The summed E-state index contributed by atoms with van der Waals surface area (Å²) in [6.45, 7) is 2.58. The Bertz CT molecular complexity index is 1100. The maximum absolute atomic E-state index is 12.5. The van der Waals surface area contributed by atoms with Gasteiger partial charge in [-0.25, -0.2) is 4.98 Å². The molecule has 0 aliphatic carbocycles. The summed E-state index contributed by atoms with van der Waals surface area (Å²) in [5.74, 6) is 0.753. The smallest absolute Gasteiger partial charge is 0.230 e. The number of para-hydroxylation sites is 1. The van der Waals surface area contributed by atoms with Crippen molar-refractivity contribution in [1.82, 2.24) is 9.55 Å². The zero-order valence-electron chi connectivity index (χ0n) is 14.7. The van der Waals surface area contributed by atoms with Crippen molar-refractivity contribution in [3.8, 4) is 5.75 Å². The predicted octanol–water partition coefficient (Wildman–Crippen LogP) is 4.37. The average Bonchev–Trinajstić information content (AvgIpc) is 3.16. The quantitative estimate of drug-likeness (QED) is 0.571. The van der Waals surface area contributed by atoms with E-state index in [0.29, 0.717) is 18.2 Å². The molecule has 6 heteroatoms. The summed E-state index contributed by atoms with van der Waals surface area (Å²) in [7, 11) is 1.99. The van der Waals surface area contributed by atoms with Gasteiger partial charge >= 0.3 is 0 Å². The van der Waals surface area contributed by atoms with Crippen LogP contribution in [0.15, 0.2) is 48.7 Å². The fourth-order valence-corrected chi connectivity index (χ4v) is 4.03. The number of aryl methyl sites for hydroxylation is 1. The van der Waals surface area contributed by atoms with Crippen LogP contribution in [0.5, 0.6) is 5.75 Å². The van der Waals surface area contributed by atoms with Gasteiger partial charge in [0.1, 0.15) is 5.75 Å². The summed E-state index contributed by atoms with van der Waals surface area (Å²) in [6.07, 6.45) is 2.33. The number of hydrogen-bond acceptors (Lipinski definition) is 4. The van der Waals surface area contributed by atoms with Crippen LogP contribution in [0.3, 0.4) is 0 Å². The molecule has 0 spiro atoms. The first-order chi connectivity index (χ1) is 12.6. The van der Waals surface area contributed by atoms with Crippen LogP contribution in [0.25, 0.3) is 21.1 Å². The van der Waals surface area contributed by atoms with Crippen molar-refractivity contribution < 1.29 is 9.53 Å². The topological polar surface area (TPSA) is 56.1 Å². The van der Waals surface area contributed by atoms with Gasteiger partial charge in [-0.15, -0.1) is 0 Å². The molecule has 0 atom stereocenters. The van der Waals surface area contributed by atoms with E-state index < -0.39 is 0 Å². The van der Waals surface area contributed by atoms with E-state index in [9.17, 15) is 4.79 Å². The highest BCUT2D eigenvalue weighted by molar-refractivity contribution is 7.22. The summed E-state index contributed by atoms with van der Waals surface area (Å²) >= 11 is 1.46. The van der Waals surface area contributed by atoms with Crippen molar-refractivity contribution in [2.45, 2.75) is 13.3 Å². The number of thiazole rings is 1. The summed E-state index contributed by atoms with van der Waals surface area (Å²) in [5, 5.41) is 4.64. The molecule has 0 fully saturated rings. The zero-order valence-corrected chi connectivity index (χ0v) is 15.5. The number of amides is 1. The molecule has 5 nitrogen and oxygen atoms in total. The van der Waals surface area contributed by atoms with E-state index in [1.807, 2.05) is 61.1 Å². The van der Waals surface area contributed by atoms with Crippen LogP contribution < -0.4 is 10.1 Å². The third-order valence-electron chi connectivity index (χ3n) is 4.25. The van der Waals surface area contributed by atoms with Crippen molar-refractivity contribution in [2.24, 2.45) is 7.05 Å². The van der Waals surface area contributed by atoms with Gasteiger partial charge in [0.2, 0.25) is 5.91 Å². The maximum atomic E-state index is 12.5. The molecule has 2 heterocycles. The lowest BCUT2D eigenvalue weighted by molar-refractivity contribution is -0.115. The van der Waals surface area contributed by atoms with Gasteiger partial charge in [0.05, 0.1) is 23.2 Å². The Labute approximate surface area is 155 Å². The van der Waals surface area contributed by atoms with E-state index >= 15 is 0 Å². The Morgan fingerprint density at radius 3 is 2.96 bits per heavy atom. The average molecular weight is 365 g/mol. The highest BCUT2D eigenvalue weighted by Gasteiger charge is 2.13. The largest absolute Gasteiger partial charge is 0.494 e. The molecule has 2 aromatic carbocycles. The number of nitrogens with one attached hydrogen (secondary N) is 1. The van der Waals surface area contributed by atoms with Crippen LogP contribution in [0.2, 0.25) is 0 Å². The van der Waals surface area contributed by atoms with Gasteiger partial charge in [0.25, 0.3) is 0 Å². The second kappa shape index (κ2) is 6.80. The number of nitrogens with zero attached hydrogens (tertiary/aromatic N) is 2. The third-order valence-corrected chi connectivity index (χ3v) is 5.18. The molecule has 26 heavy (non-hydrogen) atoms. The lowest BCUT2D eigenvalue weighted by atomic mass is 10.1. The molecule has 0 radical (unpaired) electrons. The minimum atomic E-state index is -0.0644. The molecular formula is C20H19N3O2S. The van der Waals surface area contributed by atoms with Gasteiger partial charge in [-0.05, 0) is 36.8 Å². The number of aromatic nitrogens is 2. The van der Waals surface area contributed by atoms with Crippen LogP contribution >= 0.6 is 11.3 Å². The molecule has 1 N–H and O–H groups in total. The lowest BCUT2D eigenvalue weighted by Gasteiger charge is -2.00. The second-order valence-corrected chi connectivity index (χ2v) is 7.12. The summed E-state index contributed by atoms with van der Waals surface area (Å²) in [4.78, 5) is 17.0. The lowest BCUT2D eigenvalue weighted by Crippen LogP contribution is -2.13. The second-order valence-electron chi connectivity index (χ2n) is 6.09. The number of anilines is 1. The Kier molecular flexibility index (Phi) is 4.34. The Morgan fingerprint density at radius 2 is 2.12 bits per heavy atom. The number of carbonyl (C=O) groups excluding carboxylic acids is 1. The monoisotopic (exact) mass is 365 g/mol. The van der Waals surface area contributed by atoms with Crippen LogP contribution in [0.4, 0.5) is 5.13 Å². The van der Waals surface area contributed by atoms with Crippen molar-refractivity contribution in [1.29, 1.82) is 0 Å². The van der Waals surface area contributed by atoms with Crippen molar-refractivity contribution in [2.75, 3.05) is 11.9 Å². The van der Waals surface area contributed by atoms with Gasteiger partial charge in [-0.3, -0.25) is 4.79 Å². The molecule has 0 aliphatic heterocycles. The minimum absolute atomic E-state index is 0.0644. The Balaban J connectivity index is 1.53. The molecule has 2 aromatic heterocycles. The zero-order chi connectivity index (χ0) is 18.1. The van der Waals surface area contributed by atoms with Crippen LogP contribution in [-0.2, 0) is 18.3 Å². The van der Waals surface area contributed by atoms with Gasteiger partial charge in [0.15, 0.2) is 5.13 Å². The molecule has 0 unspecified atom stereocenters. The van der Waals surface area contributed by atoms with Gasteiger partial charge in [0, 0.05) is 24.1 Å². The van der Waals surface area contributed by atoms with Gasteiger partial charge < -0.3 is 14.6 Å². The number of carbonyl (C=O) groups is 1. The van der Waals surface area contributed by atoms with Gasteiger partial charge in [-0.2, -0.15) is 0 Å². The minimum Gasteiger partial charge on any atom is -0.494 e. The van der Waals surface area contributed by atoms with Crippen molar-refractivity contribution >= 4 is 43.5 Å². The normalized spacial score (nSPS) is 11.2. The molecular weight excluding hydrogens is 346 g/mol. The Hall–Kier alpha value is -2.86. The molecule has 0 saturated heterocycles. The third kappa shape index (κ3) is 3.15. The molecule has 4 rings (SSSR count).